The number of hydrogen-bond donors (Lipinski definition) is 1. The summed E-state index contributed by atoms with van der Waals surface area (Å²) in [5.74, 6) is -0.231. The van der Waals surface area contributed by atoms with Crippen molar-refractivity contribution in [2.24, 2.45) is 0 Å². The van der Waals surface area contributed by atoms with Gasteiger partial charge in [0.2, 0.25) is 0 Å². The van der Waals surface area contributed by atoms with Crippen molar-refractivity contribution in [2.45, 2.75) is 33.2 Å². The molecule has 21 heavy (non-hydrogen) atoms. The Labute approximate surface area is 129 Å². The Morgan fingerprint density at radius 3 is 2.86 bits per heavy atom. The van der Waals surface area contributed by atoms with E-state index in [9.17, 15) is 4.39 Å². The van der Waals surface area contributed by atoms with Gasteiger partial charge in [-0.3, -0.25) is 0 Å². The van der Waals surface area contributed by atoms with Crippen LogP contribution in [0, 0.1) is 12.7 Å². The Morgan fingerprint density at radius 2 is 2.19 bits per heavy atom. The van der Waals surface area contributed by atoms with Gasteiger partial charge in [0.25, 0.3) is 0 Å². The van der Waals surface area contributed by atoms with Gasteiger partial charge < -0.3 is 10.2 Å². The van der Waals surface area contributed by atoms with E-state index in [0.29, 0.717) is 0 Å². The van der Waals surface area contributed by atoms with Crippen molar-refractivity contribution in [2.75, 3.05) is 18.5 Å². The zero-order valence-corrected chi connectivity index (χ0v) is 13.8. The van der Waals surface area contributed by atoms with Crippen LogP contribution in [0.4, 0.5) is 15.2 Å². The maximum absolute atomic E-state index is 13.3. The Kier molecular flexibility index (Phi) is 5.31. The second kappa shape index (κ2) is 7.00. The van der Waals surface area contributed by atoms with Crippen LogP contribution >= 0.6 is 11.3 Å². The summed E-state index contributed by atoms with van der Waals surface area (Å²) in [5.41, 5.74) is 1.85. The fraction of sp³-hybridized carbons (Fsp3) is 0.438. The van der Waals surface area contributed by atoms with Crippen LogP contribution in [-0.2, 0) is 0 Å². The molecule has 0 radical (unpaired) electrons. The molecular weight excluding hydrogens is 285 g/mol. The van der Waals surface area contributed by atoms with E-state index in [1.54, 1.807) is 17.4 Å². The van der Waals surface area contributed by atoms with Crippen LogP contribution in [0.15, 0.2) is 24.3 Å². The number of thiazole rings is 1. The number of halogens is 1. The number of anilines is 2. The van der Waals surface area contributed by atoms with E-state index in [4.69, 9.17) is 0 Å². The lowest BCUT2D eigenvalue weighted by molar-refractivity contribution is 0.575. The number of aromatic nitrogens is 1. The zero-order chi connectivity index (χ0) is 15.4. The number of rotatable bonds is 6. The first-order chi connectivity index (χ1) is 10.0. The minimum absolute atomic E-state index is 0.231. The lowest BCUT2D eigenvalue weighted by Crippen LogP contribution is -2.18. The van der Waals surface area contributed by atoms with Gasteiger partial charge in [-0.1, -0.05) is 24.3 Å². The minimum atomic E-state index is -0.231. The van der Waals surface area contributed by atoms with Gasteiger partial charge in [-0.25, -0.2) is 9.37 Å². The molecule has 5 heteroatoms. The molecule has 1 unspecified atom stereocenters. The summed E-state index contributed by atoms with van der Waals surface area (Å²) in [6.07, 6.45) is 1.11. The lowest BCUT2D eigenvalue weighted by Gasteiger charge is -2.16. The Balaban J connectivity index is 2.21. The molecule has 3 nitrogen and oxygen atoms in total. The maximum atomic E-state index is 13.3. The van der Waals surface area contributed by atoms with E-state index in [2.05, 4.69) is 24.1 Å². The molecule has 1 aromatic heterocycles. The fourth-order valence-corrected chi connectivity index (χ4v) is 3.26. The number of nitrogens with one attached hydrogen (secondary N) is 1. The molecule has 2 rings (SSSR count). The number of benzene rings is 1. The van der Waals surface area contributed by atoms with Crippen LogP contribution in [0.5, 0.6) is 0 Å². The van der Waals surface area contributed by atoms with E-state index in [1.807, 2.05) is 24.9 Å². The molecule has 0 spiro atoms. The first kappa shape index (κ1) is 15.9. The van der Waals surface area contributed by atoms with Crippen LogP contribution in [0.25, 0.3) is 0 Å². The average Bonchev–Trinajstić information content (AvgIpc) is 2.86. The van der Waals surface area contributed by atoms with Crippen molar-refractivity contribution in [1.29, 1.82) is 0 Å². The van der Waals surface area contributed by atoms with Gasteiger partial charge in [0.1, 0.15) is 5.82 Å². The fourth-order valence-electron chi connectivity index (χ4n) is 2.19. The Morgan fingerprint density at radius 1 is 1.43 bits per heavy atom. The first-order valence-electron chi connectivity index (χ1n) is 7.23. The second-order valence-electron chi connectivity index (χ2n) is 5.16. The quantitative estimate of drug-likeness (QED) is 0.856. The third kappa shape index (κ3) is 3.80. The molecule has 1 atom stereocenters. The smallest absolute Gasteiger partial charge is 0.190 e. The van der Waals surface area contributed by atoms with Gasteiger partial charge in [-0.05, 0) is 45.0 Å². The number of aryl methyl sites for hydroxylation is 1. The molecule has 2 aromatic rings. The maximum Gasteiger partial charge on any atom is 0.190 e. The van der Waals surface area contributed by atoms with Crippen molar-refractivity contribution in [3.8, 4) is 0 Å². The monoisotopic (exact) mass is 307 g/mol. The molecule has 0 aliphatic carbocycles. The van der Waals surface area contributed by atoms with Crippen molar-refractivity contribution in [3.63, 3.8) is 0 Å². The molecule has 0 amide bonds. The summed E-state index contributed by atoms with van der Waals surface area (Å²) in [7, 11) is 1.92. The standard InChI is InChI=1S/C16H22FN3S/c1-5-9-18-11(2)15-12(3)19-16(21-15)20(4)14-8-6-7-13(17)10-14/h6-8,10-11,18H,5,9H2,1-4H3. The van der Waals surface area contributed by atoms with E-state index in [-0.39, 0.29) is 11.9 Å². The van der Waals surface area contributed by atoms with Gasteiger partial charge in [0, 0.05) is 23.7 Å². The normalized spacial score (nSPS) is 12.4. The summed E-state index contributed by atoms with van der Waals surface area (Å²) >= 11 is 1.66. The molecule has 0 aliphatic rings. The summed E-state index contributed by atoms with van der Waals surface area (Å²) < 4.78 is 13.3. The van der Waals surface area contributed by atoms with E-state index in [1.165, 1.54) is 17.0 Å². The van der Waals surface area contributed by atoms with Gasteiger partial charge in [-0.2, -0.15) is 0 Å². The largest absolute Gasteiger partial charge is 0.321 e. The zero-order valence-electron chi connectivity index (χ0n) is 13.0. The highest BCUT2D eigenvalue weighted by atomic mass is 32.1. The van der Waals surface area contributed by atoms with E-state index >= 15 is 0 Å². The second-order valence-corrected chi connectivity index (χ2v) is 6.17. The summed E-state index contributed by atoms with van der Waals surface area (Å²) in [6.45, 7) is 7.33. The van der Waals surface area contributed by atoms with Crippen LogP contribution in [0.1, 0.15) is 36.9 Å². The SMILES string of the molecule is CCCNC(C)c1sc(N(C)c2cccc(F)c2)nc1C. The molecule has 0 saturated carbocycles. The summed E-state index contributed by atoms with van der Waals surface area (Å²) in [5, 5.41) is 4.37. The Hall–Kier alpha value is -1.46. The van der Waals surface area contributed by atoms with Crippen molar-refractivity contribution in [1.82, 2.24) is 10.3 Å². The molecule has 114 valence electrons. The molecule has 1 aromatic carbocycles. The van der Waals surface area contributed by atoms with Crippen molar-refractivity contribution >= 4 is 22.2 Å². The van der Waals surface area contributed by atoms with Gasteiger partial charge in [0.15, 0.2) is 5.13 Å². The Bertz CT molecular complexity index is 597. The van der Waals surface area contributed by atoms with Crippen LogP contribution < -0.4 is 10.2 Å². The third-order valence-electron chi connectivity index (χ3n) is 3.40. The van der Waals surface area contributed by atoms with E-state index < -0.39 is 0 Å². The molecule has 0 aliphatic heterocycles. The molecule has 1 heterocycles. The predicted molar refractivity (Wildman–Crippen MR) is 88.0 cm³/mol. The van der Waals surface area contributed by atoms with E-state index in [0.717, 1.165) is 29.5 Å². The van der Waals surface area contributed by atoms with Crippen molar-refractivity contribution < 1.29 is 4.39 Å². The molecular formula is C16H22FN3S. The van der Waals surface area contributed by atoms with Gasteiger partial charge in [-0.15, -0.1) is 0 Å². The third-order valence-corrected chi connectivity index (χ3v) is 4.81. The topological polar surface area (TPSA) is 28.2 Å². The highest BCUT2D eigenvalue weighted by molar-refractivity contribution is 7.15. The molecule has 1 N–H and O–H groups in total. The van der Waals surface area contributed by atoms with Gasteiger partial charge >= 0.3 is 0 Å². The number of nitrogens with zero attached hydrogens (tertiary/aromatic N) is 2. The van der Waals surface area contributed by atoms with Crippen LogP contribution in [0.3, 0.4) is 0 Å². The van der Waals surface area contributed by atoms with Crippen LogP contribution in [0.2, 0.25) is 0 Å². The van der Waals surface area contributed by atoms with Crippen molar-refractivity contribution in [3.05, 3.63) is 40.7 Å². The molecule has 0 saturated heterocycles. The summed E-state index contributed by atoms with van der Waals surface area (Å²) in [6, 6.07) is 6.87. The van der Waals surface area contributed by atoms with Crippen LogP contribution in [-0.4, -0.2) is 18.6 Å². The predicted octanol–water partition coefficient (Wildman–Crippen LogP) is 4.42. The molecule has 0 fully saturated rings. The molecule has 0 bridgehead atoms. The number of hydrogen-bond acceptors (Lipinski definition) is 4. The van der Waals surface area contributed by atoms with Gasteiger partial charge in [0.05, 0.1) is 5.69 Å². The highest BCUT2D eigenvalue weighted by Crippen LogP contribution is 2.33. The highest BCUT2D eigenvalue weighted by Gasteiger charge is 2.16. The first-order valence-corrected chi connectivity index (χ1v) is 8.04. The summed E-state index contributed by atoms with van der Waals surface area (Å²) in [4.78, 5) is 7.79. The lowest BCUT2D eigenvalue weighted by atomic mass is 10.2. The minimum Gasteiger partial charge on any atom is -0.321 e. The average molecular weight is 307 g/mol.